The number of nitrogens with two attached hydrogens (primary N) is 1. The van der Waals surface area contributed by atoms with Crippen LogP contribution in [0.15, 0.2) is 53.4 Å². The van der Waals surface area contributed by atoms with Crippen molar-refractivity contribution in [3.8, 4) is 0 Å². The zero-order valence-corrected chi connectivity index (χ0v) is 17.6. The number of hydrogen-bond acceptors (Lipinski definition) is 4. The first-order chi connectivity index (χ1) is 12.6. The molecule has 0 aromatic heterocycles. The van der Waals surface area contributed by atoms with Crippen LogP contribution in [-0.4, -0.2) is 39.4 Å². The van der Waals surface area contributed by atoms with Crippen LogP contribution in [0.3, 0.4) is 0 Å². The van der Waals surface area contributed by atoms with E-state index >= 15 is 0 Å². The van der Waals surface area contributed by atoms with Gasteiger partial charge in [0.05, 0.1) is 10.6 Å². The van der Waals surface area contributed by atoms with E-state index in [0.717, 1.165) is 6.07 Å². The smallest absolute Gasteiger partial charge is 0.262 e. The van der Waals surface area contributed by atoms with Crippen molar-refractivity contribution in [2.75, 3.05) is 24.9 Å². The zero-order chi connectivity index (χ0) is 20.2. The van der Waals surface area contributed by atoms with E-state index in [0.29, 0.717) is 13.1 Å². The SMILES string of the molecule is CN(CC(C)(C)CN)C(=O)c1cccc(S(=O)(=O)Nc2ccccc2F)c1.Cl. The molecule has 3 N–H and O–H groups in total. The fourth-order valence-electron chi connectivity index (χ4n) is 2.54. The van der Waals surface area contributed by atoms with E-state index < -0.39 is 15.8 Å². The Labute approximate surface area is 171 Å². The molecule has 0 saturated heterocycles. The summed E-state index contributed by atoms with van der Waals surface area (Å²) in [6.07, 6.45) is 0. The molecule has 2 aromatic rings. The van der Waals surface area contributed by atoms with Crippen LogP contribution >= 0.6 is 12.4 Å². The quantitative estimate of drug-likeness (QED) is 0.707. The molecule has 0 aliphatic rings. The van der Waals surface area contributed by atoms with Gasteiger partial charge in [0.25, 0.3) is 15.9 Å². The lowest BCUT2D eigenvalue weighted by Gasteiger charge is -2.29. The second-order valence-corrected chi connectivity index (χ2v) is 8.83. The highest BCUT2D eigenvalue weighted by Gasteiger charge is 2.23. The average Bonchev–Trinajstić information content (AvgIpc) is 2.62. The lowest BCUT2D eigenvalue weighted by molar-refractivity contribution is 0.0740. The molecular weight excluding hydrogens is 405 g/mol. The topological polar surface area (TPSA) is 92.5 Å². The van der Waals surface area contributed by atoms with Gasteiger partial charge in [-0.2, -0.15) is 0 Å². The predicted octanol–water partition coefficient (Wildman–Crippen LogP) is 3.11. The normalized spacial score (nSPS) is 11.5. The first kappa shape index (κ1) is 23.9. The van der Waals surface area contributed by atoms with Crippen molar-refractivity contribution in [2.24, 2.45) is 11.1 Å². The molecule has 28 heavy (non-hydrogen) atoms. The van der Waals surface area contributed by atoms with E-state index in [4.69, 9.17) is 5.73 Å². The standard InChI is InChI=1S/C19H24FN3O3S.ClH/c1-19(2,12-21)13-23(3)18(24)14-7-6-8-15(11-14)27(25,26)22-17-10-5-4-9-16(17)20;/h4-11,22H,12-13,21H2,1-3H3;1H. The first-order valence-electron chi connectivity index (χ1n) is 8.39. The van der Waals surface area contributed by atoms with Crippen molar-refractivity contribution < 1.29 is 17.6 Å². The van der Waals surface area contributed by atoms with Gasteiger partial charge in [0.15, 0.2) is 0 Å². The third kappa shape index (κ3) is 5.92. The van der Waals surface area contributed by atoms with Gasteiger partial charge in [-0.25, -0.2) is 12.8 Å². The molecule has 0 aliphatic carbocycles. The molecule has 2 rings (SSSR count). The third-order valence-corrected chi connectivity index (χ3v) is 5.44. The van der Waals surface area contributed by atoms with Crippen LogP contribution in [0.1, 0.15) is 24.2 Å². The van der Waals surface area contributed by atoms with E-state index in [-0.39, 0.29) is 39.9 Å². The third-order valence-electron chi connectivity index (χ3n) is 4.07. The van der Waals surface area contributed by atoms with Gasteiger partial charge < -0.3 is 10.6 Å². The summed E-state index contributed by atoms with van der Waals surface area (Å²) in [6.45, 7) is 4.71. The number of nitrogens with zero attached hydrogens (tertiary/aromatic N) is 1. The minimum Gasteiger partial charge on any atom is -0.341 e. The van der Waals surface area contributed by atoms with Gasteiger partial charge in [-0.1, -0.05) is 32.0 Å². The number of halogens is 2. The Balaban J connectivity index is 0.00000392. The highest BCUT2D eigenvalue weighted by molar-refractivity contribution is 7.92. The van der Waals surface area contributed by atoms with E-state index in [9.17, 15) is 17.6 Å². The summed E-state index contributed by atoms with van der Waals surface area (Å²) in [5.74, 6) is -1.00. The summed E-state index contributed by atoms with van der Waals surface area (Å²) in [6, 6.07) is 11.1. The second kappa shape index (κ2) is 9.36. The van der Waals surface area contributed by atoms with Crippen molar-refractivity contribution in [1.29, 1.82) is 0 Å². The molecule has 0 atom stereocenters. The molecule has 0 radical (unpaired) electrons. The number of sulfonamides is 1. The van der Waals surface area contributed by atoms with Gasteiger partial charge in [0.2, 0.25) is 0 Å². The van der Waals surface area contributed by atoms with Crippen molar-refractivity contribution >= 4 is 34.0 Å². The Morgan fingerprint density at radius 3 is 2.43 bits per heavy atom. The highest BCUT2D eigenvalue weighted by atomic mass is 35.5. The molecule has 2 aromatic carbocycles. The molecular formula is C19H25ClFN3O3S. The number of nitrogens with one attached hydrogen (secondary N) is 1. The van der Waals surface area contributed by atoms with Crippen LogP contribution in [0.2, 0.25) is 0 Å². The number of benzene rings is 2. The maximum Gasteiger partial charge on any atom is 0.262 e. The van der Waals surface area contributed by atoms with Crippen LogP contribution in [0.5, 0.6) is 0 Å². The lowest BCUT2D eigenvalue weighted by atomic mass is 9.93. The van der Waals surface area contributed by atoms with Crippen LogP contribution in [0, 0.1) is 11.2 Å². The monoisotopic (exact) mass is 429 g/mol. The summed E-state index contributed by atoms with van der Waals surface area (Å²) >= 11 is 0. The van der Waals surface area contributed by atoms with Crippen molar-refractivity contribution in [3.05, 3.63) is 59.9 Å². The van der Waals surface area contributed by atoms with E-state index in [1.165, 1.54) is 47.4 Å². The summed E-state index contributed by atoms with van der Waals surface area (Å²) in [4.78, 5) is 14.0. The first-order valence-corrected chi connectivity index (χ1v) is 9.87. The lowest BCUT2D eigenvalue weighted by Crippen LogP contribution is -2.39. The van der Waals surface area contributed by atoms with Crippen molar-refractivity contribution in [2.45, 2.75) is 18.7 Å². The van der Waals surface area contributed by atoms with Crippen LogP contribution in [0.4, 0.5) is 10.1 Å². The van der Waals surface area contributed by atoms with Gasteiger partial charge >= 0.3 is 0 Å². The van der Waals surface area contributed by atoms with Crippen molar-refractivity contribution in [1.82, 2.24) is 4.90 Å². The number of para-hydroxylation sites is 1. The Kier molecular flexibility index (Phi) is 7.98. The molecule has 0 saturated carbocycles. The number of rotatable bonds is 7. The molecule has 154 valence electrons. The minimum absolute atomic E-state index is 0. The molecule has 0 fully saturated rings. The Hall–Kier alpha value is -2.16. The maximum absolute atomic E-state index is 13.7. The van der Waals surface area contributed by atoms with Crippen molar-refractivity contribution in [3.63, 3.8) is 0 Å². The molecule has 0 bridgehead atoms. The van der Waals surface area contributed by atoms with Gasteiger partial charge in [0, 0.05) is 19.2 Å². The molecule has 0 spiro atoms. The molecule has 0 unspecified atom stereocenters. The fourth-order valence-corrected chi connectivity index (χ4v) is 3.66. The Morgan fingerprint density at radius 2 is 1.82 bits per heavy atom. The van der Waals surface area contributed by atoms with E-state index in [1.807, 2.05) is 13.8 Å². The largest absolute Gasteiger partial charge is 0.341 e. The molecule has 1 amide bonds. The van der Waals surface area contributed by atoms with E-state index in [2.05, 4.69) is 4.72 Å². The predicted molar refractivity (Wildman–Crippen MR) is 111 cm³/mol. The number of carbonyl (C=O) groups is 1. The summed E-state index contributed by atoms with van der Waals surface area (Å²) in [5, 5.41) is 0. The minimum atomic E-state index is -4.04. The second-order valence-electron chi connectivity index (χ2n) is 7.14. The molecule has 9 heteroatoms. The van der Waals surface area contributed by atoms with Gasteiger partial charge in [-0.05, 0) is 42.3 Å². The van der Waals surface area contributed by atoms with Crippen LogP contribution in [0.25, 0.3) is 0 Å². The maximum atomic E-state index is 13.7. The number of hydrogen-bond donors (Lipinski definition) is 2. The fraction of sp³-hybridized carbons (Fsp3) is 0.316. The average molecular weight is 430 g/mol. The highest BCUT2D eigenvalue weighted by Crippen LogP contribution is 2.21. The Bertz CT molecular complexity index is 936. The van der Waals surface area contributed by atoms with Crippen LogP contribution < -0.4 is 10.5 Å². The molecule has 6 nitrogen and oxygen atoms in total. The summed E-state index contributed by atoms with van der Waals surface area (Å²) < 4.78 is 41.1. The summed E-state index contributed by atoms with van der Waals surface area (Å²) in [5.41, 5.74) is 5.51. The molecule has 0 heterocycles. The number of carbonyl (C=O) groups excluding carboxylic acids is 1. The zero-order valence-electron chi connectivity index (χ0n) is 16.0. The number of amides is 1. The van der Waals surface area contributed by atoms with E-state index in [1.54, 1.807) is 7.05 Å². The van der Waals surface area contributed by atoms with Gasteiger partial charge in [-0.15, -0.1) is 12.4 Å². The molecule has 0 aliphatic heterocycles. The van der Waals surface area contributed by atoms with Crippen LogP contribution in [-0.2, 0) is 10.0 Å². The van der Waals surface area contributed by atoms with Gasteiger partial charge in [0.1, 0.15) is 5.82 Å². The van der Waals surface area contributed by atoms with Gasteiger partial charge in [-0.3, -0.25) is 9.52 Å². The summed E-state index contributed by atoms with van der Waals surface area (Å²) in [7, 11) is -2.40. The Morgan fingerprint density at radius 1 is 1.18 bits per heavy atom. The number of anilines is 1.